The zero-order valence-corrected chi connectivity index (χ0v) is 7.13. The number of aromatic amines is 1. The number of nitrogens with zero attached hydrogens (tertiary/aromatic N) is 1. The maximum absolute atomic E-state index is 10.8. The number of hydrogen-bond donors (Lipinski definition) is 3. The number of H-pyrrole nitrogens is 1. The molecule has 1 aromatic rings. The summed E-state index contributed by atoms with van der Waals surface area (Å²) in [4.78, 5) is 27.7. The maximum Gasteiger partial charge on any atom is 0.252 e. The Morgan fingerprint density at radius 3 is 3.08 bits per heavy atom. The number of amides is 1. The van der Waals surface area contributed by atoms with E-state index in [9.17, 15) is 9.59 Å². The summed E-state index contributed by atoms with van der Waals surface area (Å²) in [6, 6.07) is 1.28. The molecule has 13 heavy (non-hydrogen) atoms. The topological polar surface area (TPSA) is 86.9 Å². The average molecular weight is 182 g/mol. The zero-order valence-electron chi connectivity index (χ0n) is 7.13. The smallest absolute Gasteiger partial charge is 0.252 e. The van der Waals surface area contributed by atoms with Crippen molar-refractivity contribution >= 4 is 11.7 Å². The second kappa shape index (κ2) is 4.24. The number of likely N-dealkylation sites (N-methyl/N-ethyl adjacent to an activating group) is 1. The standard InChI is InChI=1S/C7H10N4O2/c1-8-7(13)3-9-5-2-6(12)11-4-10-5/h2,4H,3H2,1H3,(H,8,13)(H2,9,10,11,12). The summed E-state index contributed by atoms with van der Waals surface area (Å²) in [7, 11) is 1.54. The molecular formula is C7H10N4O2. The minimum absolute atomic E-state index is 0.104. The van der Waals surface area contributed by atoms with Crippen LogP contribution < -0.4 is 16.2 Å². The Kier molecular flexibility index (Phi) is 3.02. The number of aromatic nitrogens is 2. The largest absolute Gasteiger partial charge is 0.361 e. The lowest BCUT2D eigenvalue weighted by atomic mass is 10.5. The maximum atomic E-state index is 10.8. The number of carbonyl (C=O) groups is 1. The van der Waals surface area contributed by atoms with Crippen molar-refractivity contribution in [2.45, 2.75) is 0 Å². The van der Waals surface area contributed by atoms with Gasteiger partial charge in [0.2, 0.25) is 5.91 Å². The third-order valence-electron chi connectivity index (χ3n) is 1.39. The van der Waals surface area contributed by atoms with Crippen LogP contribution in [0, 0.1) is 0 Å². The van der Waals surface area contributed by atoms with Gasteiger partial charge in [-0.05, 0) is 0 Å². The molecule has 0 bridgehead atoms. The minimum atomic E-state index is -0.255. The number of hydrogen-bond acceptors (Lipinski definition) is 4. The molecule has 0 aromatic carbocycles. The van der Waals surface area contributed by atoms with Gasteiger partial charge in [0.15, 0.2) is 0 Å². The van der Waals surface area contributed by atoms with Crippen LogP contribution in [-0.4, -0.2) is 29.5 Å². The Balaban J connectivity index is 2.55. The fourth-order valence-corrected chi connectivity index (χ4v) is 0.724. The molecule has 0 saturated heterocycles. The first-order chi connectivity index (χ1) is 6.22. The Morgan fingerprint density at radius 1 is 1.69 bits per heavy atom. The van der Waals surface area contributed by atoms with E-state index in [0.29, 0.717) is 5.82 Å². The molecule has 0 aliphatic carbocycles. The fourth-order valence-electron chi connectivity index (χ4n) is 0.724. The van der Waals surface area contributed by atoms with Gasteiger partial charge in [-0.25, -0.2) is 4.98 Å². The van der Waals surface area contributed by atoms with Gasteiger partial charge >= 0.3 is 0 Å². The van der Waals surface area contributed by atoms with Crippen molar-refractivity contribution in [2.75, 3.05) is 18.9 Å². The number of rotatable bonds is 3. The Bertz CT molecular complexity index is 346. The van der Waals surface area contributed by atoms with E-state index in [1.165, 1.54) is 19.4 Å². The van der Waals surface area contributed by atoms with Crippen LogP contribution in [0.25, 0.3) is 0 Å². The normalized spacial score (nSPS) is 9.31. The van der Waals surface area contributed by atoms with Gasteiger partial charge < -0.3 is 15.6 Å². The zero-order chi connectivity index (χ0) is 9.68. The molecule has 6 nitrogen and oxygen atoms in total. The molecule has 70 valence electrons. The van der Waals surface area contributed by atoms with Gasteiger partial charge in [0.1, 0.15) is 5.82 Å². The van der Waals surface area contributed by atoms with Crippen molar-refractivity contribution < 1.29 is 4.79 Å². The van der Waals surface area contributed by atoms with Crippen molar-refractivity contribution in [1.29, 1.82) is 0 Å². The quantitative estimate of drug-likeness (QED) is 0.555. The van der Waals surface area contributed by atoms with Gasteiger partial charge in [0, 0.05) is 13.1 Å². The fraction of sp³-hybridized carbons (Fsp3) is 0.286. The van der Waals surface area contributed by atoms with Crippen LogP contribution in [0.4, 0.5) is 5.82 Å². The van der Waals surface area contributed by atoms with Gasteiger partial charge in [0.05, 0.1) is 12.9 Å². The highest BCUT2D eigenvalue weighted by atomic mass is 16.1. The van der Waals surface area contributed by atoms with E-state index in [1.54, 1.807) is 0 Å². The molecule has 0 fully saturated rings. The first-order valence-corrected chi connectivity index (χ1v) is 3.71. The van der Waals surface area contributed by atoms with Gasteiger partial charge in [0.25, 0.3) is 5.56 Å². The summed E-state index contributed by atoms with van der Waals surface area (Å²) in [5.74, 6) is 0.217. The molecule has 6 heteroatoms. The third kappa shape index (κ3) is 2.94. The monoisotopic (exact) mass is 182 g/mol. The lowest BCUT2D eigenvalue weighted by Crippen LogP contribution is -2.26. The molecule has 0 aliphatic rings. The Labute approximate surface area is 74.4 Å². The summed E-state index contributed by atoms with van der Waals surface area (Å²) in [5, 5.41) is 5.13. The molecule has 1 amide bonds. The van der Waals surface area contributed by atoms with Crippen LogP contribution in [0.1, 0.15) is 0 Å². The highest BCUT2D eigenvalue weighted by molar-refractivity contribution is 5.79. The van der Waals surface area contributed by atoms with E-state index in [1.807, 2.05) is 0 Å². The van der Waals surface area contributed by atoms with E-state index in [2.05, 4.69) is 20.6 Å². The number of nitrogens with one attached hydrogen (secondary N) is 3. The molecule has 1 rings (SSSR count). The summed E-state index contributed by atoms with van der Waals surface area (Å²) >= 11 is 0. The van der Waals surface area contributed by atoms with E-state index in [4.69, 9.17) is 0 Å². The number of carbonyl (C=O) groups excluding carboxylic acids is 1. The molecule has 0 spiro atoms. The van der Waals surface area contributed by atoms with Gasteiger partial charge in [-0.1, -0.05) is 0 Å². The highest BCUT2D eigenvalue weighted by Crippen LogP contribution is 1.92. The SMILES string of the molecule is CNC(=O)CNc1cc(=O)[nH]cn1. The van der Waals surface area contributed by atoms with Crippen LogP contribution >= 0.6 is 0 Å². The van der Waals surface area contributed by atoms with E-state index < -0.39 is 0 Å². The molecule has 1 heterocycles. The Morgan fingerprint density at radius 2 is 2.46 bits per heavy atom. The molecule has 3 N–H and O–H groups in total. The summed E-state index contributed by atoms with van der Waals surface area (Å²) < 4.78 is 0. The molecule has 0 saturated carbocycles. The highest BCUT2D eigenvalue weighted by Gasteiger charge is 1.98. The second-order valence-electron chi connectivity index (χ2n) is 2.32. The van der Waals surface area contributed by atoms with E-state index >= 15 is 0 Å². The van der Waals surface area contributed by atoms with Crippen LogP contribution in [0.15, 0.2) is 17.2 Å². The summed E-state index contributed by atoms with van der Waals surface area (Å²) in [6.07, 6.45) is 1.27. The average Bonchev–Trinajstić information content (AvgIpc) is 2.14. The van der Waals surface area contributed by atoms with Gasteiger partial charge in [-0.3, -0.25) is 9.59 Å². The predicted octanol–water partition coefficient (Wildman–Crippen LogP) is -1.07. The van der Waals surface area contributed by atoms with Crippen LogP contribution in [-0.2, 0) is 4.79 Å². The lowest BCUT2D eigenvalue weighted by molar-refractivity contribution is -0.118. The lowest BCUT2D eigenvalue weighted by Gasteiger charge is -2.02. The van der Waals surface area contributed by atoms with E-state index in [-0.39, 0.29) is 18.0 Å². The first-order valence-electron chi connectivity index (χ1n) is 3.71. The van der Waals surface area contributed by atoms with Crippen LogP contribution in [0.3, 0.4) is 0 Å². The molecule has 0 unspecified atom stereocenters. The van der Waals surface area contributed by atoms with Crippen molar-refractivity contribution in [3.05, 3.63) is 22.7 Å². The molecule has 1 aromatic heterocycles. The molecule has 0 aliphatic heterocycles. The summed E-state index contributed by atoms with van der Waals surface area (Å²) in [6.45, 7) is 0.104. The van der Waals surface area contributed by atoms with Crippen molar-refractivity contribution in [1.82, 2.24) is 15.3 Å². The molecule has 0 radical (unpaired) electrons. The third-order valence-corrected chi connectivity index (χ3v) is 1.39. The van der Waals surface area contributed by atoms with Crippen molar-refractivity contribution in [3.8, 4) is 0 Å². The molecule has 0 atom stereocenters. The van der Waals surface area contributed by atoms with E-state index in [0.717, 1.165) is 0 Å². The van der Waals surface area contributed by atoms with Crippen molar-refractivity contribution in [2.24, 2.45) is 0 Å². The predicted molar refractivity (Wildman–Crippen MR) is 47.4 cm³/mol. The van der Waals surface area contributed by atoms with Crippen LogP contribution in [0.2, 0.25) is 0 Å². The van der Waals surface area contributed by atoms with Gasteiger partial charge in [-0.2, -0.15) is 0 Å². The molecular weight excluding hydrogens is 172 g/mol. The van der Waals surface area contributed by atoms with Gasteiger partial charge in [-0.15, -0.1) is 0 Å². The minimum Gasteiger partial charge on any atom is -0.361 e. The Hall–Kier alpha value is -1.85. The number of anilines is 1. The summed E-state index contributed by atoms with van der Waals surface area (Å²) in [5.41, 5.74) is -0.255. The van der Waals surface area contributed by atoms with Crippen molar-refractivity contribution in [3.63, 3.8) is 0 Å². The first kappa shape index (κ1) is 9.24. The second-order valence-corrected chi connectivity index (χ2v) is 2.32. The van der Waals surface area contributed by atoms with Crippen LogP contribution in [0.5, 0.6) is 0 Å².